The number of rotatable bonds is 7. The molecule has 1 aromatic carbocycles. The number of nitrogens with zero attached hydrogens (tertiary/aromatic N) is 1. The minimum Gasteiger partial charge on any atom is -0.373 e. The number of halogens is 1. The quantitative estimate of drug-likeness (QED) is 0.723. The second-order valence-electron chi connectivity index (χ2n) is 6.52. The minimum atomic E-state index is 0.127. The molecule has 1 rings (SSSR count). The second-order valence-corrected chi connectivity index (χ2v) is 6.93. The molecule has 0 aliphatic rings. The van der Waals surface area contributed by atoms with E-state index >= 15 is 0 Å². The molecule has 3 heteroatoms. The first-order valence-electron chi connectivity index (χ1n) is 7.58. The summed E-state index contributed by atoms with van der Waals surface area (Å²) in [7, 11) is 2.12. The van der Waals surface area contributed by atoms with Crippen molar-refractivity contribution in [2.24, 2.45) is 0 Å². The van der Waals surface area contributed by atoms with Crippen molar-refractivity contribution in [2.75, 3.05) is 18.5 Å². The third-order valence-corrected chi connectivity index (χ3v) is 3.65. The first-order valence-corrected chi connectivity index (χ1v) is 7.96. The van der Waals surface area contributed by atoms with Crippen LogP contribution in [0, 0.1) is 0 Å². The summed E-state index contributed by atoms with van der Waals surface area (Å²) in [4.78, 5) is 2.25. The first kappa shape index (κ1) is 17.3. The van der Waals surface area contributed by atoms with E-state index in [0.717, 1.165) is 23.8 Å². The van der Waals surface area contributed by atoms with Gasteiger partial charge in [-0.2, -0.15) is 0 Å². The van der Waals surface area contributed by atoms with Crippen molar-refractivity contribution in [2.45, 2.75) is 59.0 Å². The molecule has 0 radical (unpaired) electrons. The van der Waals surface area contributed by atoms with Gasteiger partial charge in [0.05, 0.1) is 10.7 Å². The van der Waals surface area contributed by atoms with Gasteiger partial charge in [-0.15, -0.1) is 0 Å². The fourth-order valence-electron chi connectivity index (χ4n) is 2.06. The zero-order chi connectivity index (χ0) is 15.2. The molecule has 0 spiro atoms. The Morgan fingerprint density at radius 3 is 2.45 bits per heavy atom. The van der Waals surface area contributed by atoms with Crippen LogP contribution in [-0.2, 0) is 6.54 Å². The maximum absolute atomic E-state index is 6.42. The van der Waals surface area contributed by atoms with Crippen molar-refractivity contribution in [1.82, 2.24) is 5.32 Å². The van der Waals surface area contributed by atoms with E-state index in [1.807, 2.05) is 0 Å². The Morgan fingerprint density at radius 2 is 1.90 bits per heavy atom. The normalized spacial score (nSPS) is 11.7. The van der Waals surface area contributed by atoms with Crippen molar-refractivity contribution >= 4 is 17.3 Å². The molecule has 0 unspecified atom stereocenters. The van der Waals surface area contributed by atoms with Gasteiger partial charge in [-0.25, -0.2) is 0 Å². The van der Waals surface area contributed by atoms with Gasteiger partial charge in [-0.05, 0) is 44.9 Å². The maximum Gasteiger partial charge on any atom is 0.0642 e. The van der Waals surface area contributed by atoms with Crippen LogP contribution < -0.4 is 10.2 Å². The summed E-state index contributed by atoms with van der Waals surface area (Å²) < 4.78 is 0. The van der Waals surface area contributed by atoms with E-state index in [4.69, 9.17) is 11.6 Å². The summed E-state index contributed by atoms with van der Waals surface area (Å²) in [5, 5.41) is 4.33. The number of nitrogens with one attached hydrogen (secondary N) is 1. The zero-order valence-electron chi connectivity index (χ0n) is 13.6. The lowest BCUT2D eigenvalue weighted by Gasteiger charge is -2.23. The van der Waals surface area contributed by atoms with Crippen LogP contribution in [0.4, 0.5) is 5.69 Å². The summed E-state index contributed by atoms with van der Waals surface area (Å²) in [6, 6.07) is 6.37. The van der Waals surface area contributed by atoms with Crippen LogP contribution >= 0.6 is 11.6 Å². The molecule has 0 bridgehead atoms. The summed E-state index contributed by atoms with van der Waals surface area (Å²) in [6.45, 7) is 10.7. The molecule has 0 aliphatic carbocycles. The van der Waals surface area contributed by atoms with Crippen molar-refractivity contribution in [3.8, 4) is 0 Å². The van der Waals surface area contributed by atoms with E-state index in [9.17, 15) is 0 Å². The summed E-state index contributed by atoms with van der Waals surface area (Å²) >= 11 is 6.42. The van der Waals surface area contributed by atoms with Crippen LogP contribution in [0.5, 0.6) is 0 Å². The number of hydrogen-bond donors (Lipinski definition) is 1. The molecular formula is C17H29ClN2. The van der Waals surface area contributed by atoms with Crippen molar-refractivity contribution < 1.29 is 0 Å². The third-order valence-electron chi connectivity index (χ3n) is 3.34. The first-order chi connectivity index (χ1) is 9.33. The lowest BCUT2D eigenvalue weighted by atomic mass is 10.1. The summed E-state index contributed by atoms with van der Waals surface area (Å²) in [5.41, 5.74) is 2.49. The lowest BCUT2D eigenvalue weighted by molar-refractivity contribution is 0.424. The predicted molar refractivity (Wildman–Crippen MR) is 90.8 cm³/mol. The number of benzene rings is 1. The van der Waals surface area contributed by atoms with Crippen LogP contribution in [0.25, 0.3) is 0 Å². The molecule has 0 aromatic heterocycles. The Balaban J connectivity index is 2.63. The Bertz CT molecular complexity index is 410. The molecule has 0 fully saturated rings. The monoisotopic (exact) mass is 296 g/mol. The van der Waals surface area contributed by atoms with Gasteiger partial charge in [0.1, 0.15) is 0 Å². The Hall–Kier alpha value is -0.730. The Labute approximate surface area is 129 Å². The van der Waals surface area contributed by atoms with E-state index in [-0.39, 0.29) is 5.54 Å². The average molecular weight is 297 g/mol. The highest BCUT2D eigenvalue weighted by atomic mass is 35.5. The fourth-order valence-corrected chi connectivity index (χ4v) is 2.40. The van der Waals surface area contributed by atoms with E-state index in [2.05, 4.69) is 63.2 Å². The molecule has 2 nitrogen and oxygen atoms in total. The topological polar surface area (TPSA) is 15.3 Å². The number of anilines is 1. The zero-order valence-corrected chi connectivity index (χ0v) is 14.3. The van der Waals surface area contributed by atoms with Gasteiger partial charge in [0.25, 0.3) is 0 Å². The highest BCUT2D eigenvalue weighted by molar-refractivity contribution is 6.33. The summed E-state index contributed by atoms with van der Waals surface area (Å²) in [5.74, 6) is 0. The van der Waals surface area contributed by atoms with Gasteiger partial charge in [0.15, 0.2) is 0 Å². The SMILES string of the molecule is CCCCCN(C)c1ccc(CNC(C)(C)C)cc1Cl. The molecule has 0 atom stereocenters. The smallest absolute Gasteiger partial charge is 0.0642 e. The van der Waals surface area contributed by atoms with Gasteiger partial charge in [0, 0.05) is 25.7 Å². The fraction of sp³-hybridized carbons (Fsp3) is 0.647. The van der Waals surface area contributed by atoms with Gasteiger partial charge in [0.2, 0.25) is 0 Å². The van der Waals surface area contributed by atoms with Crippen LogP contribution in [-0.4, -0.2) is 19.1 Å². The minimum absolute atomic E-state index is 0.127. The third kappa shape index (κ3) is 6.15. The van der Waals surface area contributed by atoms with Crippen molar-refractivity contribution in [1.29, 1.82) is 0 Å². The number of hydrogen-bond acceptors (Lipinski definition) is 2. The van der Waals surface area contributed by atoms with Crippen LogP contribution in [0.15, 0.2) is 18.2 Å². The van der Waals surface area contributed by atoms with Gasteiger partial charge >= 0.3 is 0 Å². The van der Waals surface area contributed by atoms with Crippen LogP contribution in [0.2, 0.25) is 5.02 Å². The molecule has 0 heterocycles. The molecule has 1 aromatic rings. The van der Waals surface area contributed by atoms with Crippen molar-refractivity contribution in [3.05, 3.63) is 28.8 Å². The molecule has 0 saturated heterocycles. The largest absolute Gasteiger partial charge is 0.373 e. The van der Waals surface area contributed by atoms with Gasteiger partial charge < -0.3 is 10.2 Å². The van der Waals surface area contributed by atoms with Crippen LogP contribution in [0.1, 0.15) is 52.5 Å². The molecule has 1 N–H and O–H groups in total. The molecule has 20 heavy (non-hydrogen) atoms. The number of unbranched alkanes of at least 4 members (excludes halogenated alkanes) is 2. The average Bonchev–Trinajstić information content (AvgIpc) is 2.35. The molecular weight excluding hydrogens is 268 g/mol. The highest BCUT2D eigenvalue weighted by Gasteiger charge is 2.10. The second kappa shape index (κ2) is 7.90. The van der Waals surface area contributed by atoms with E-state index in [0.29, 0.717) is 0 Å². The predicted octanol–water partition coefficient (Wildman–Crippen LogP) is 4.85. The van der Waals surface area contributed by atoms with E-state index < -0.39 is 0 Å². The molecule has 114 valence electrons. The van der Waals surface area contributed by atoms with E-state index in [1.54, 1.807) is 0 Å². The Kier molecular flexibility index (Phi) is 6.84. The highest BCUT2D eigenvalue weighted by Crippen LogP contribution is 2.26. The van der Waals surface area contributed by atoms with Crippen molar-refractivity contribution in [3.63, 3.8) is 0 Å². The lowest BCUT2D eigenvalue weighted by Crippen LogP contribution is -2.35. The van der Waals surface area contributed by atoms with E-state index in [1.165, 1.54) is 24.8 Å². The van der Waals surface area contributed by atoms with Crippen LogP contribution in [0.3, 0.4) is 0 Å². The molecule has 0 saturated carbocycles. The molecule has 0 aliphatic heterocycles. The van der Waals surface area contributed by atoms with Gasteiger partial charge in [-0.3, -0.25) is 0 Å². The molecule has 0 amide bonds. The Morgan fingerprint density at radius 1 is 1.20 bits per heavy atom. The standard InChI is InChI=1S/C17H29ClN2/c1-6-7-8-11-20(5)16-10-9-14(12-15(16)18)13-19-17(2,3)4/h9-10,12,19H,6-8,11,13H2,1-5H3. The maximum atomic E-state index is 6.42. The van der Waals surface area contributed by atoms with Gasteiger partial charge in [-0.1, -0.05) is 37.4 Å². The summed E-state index contributed by atoms with van der Waals surface area (Å²) in [6.07, 6.45) is 3.74.